The van der Waals surface area contributed by atoms with E-state index >= 15 is 0 Å². The zero-order valence-electron chi connectivity index (χ0n) is 6.47. The van der Waals surface area contributed by atoms with Crippen LogP contribution in [0.1, 0.15) is 0 Å². The second-order valence-corrected chi connectivity index (χ2v) is 3.06. The summed E-state index contributed by atoms with van der Waals surface area (Å²) < 4.78 is 12.8. The fraction of sp³-hybridized carbons (Fsp3) is 0. The normalized spacial score (nSPS) is 10.6. The van der Waals surface area contributed by atoms with Crippen LogP contribution in [-0.4, -0.2) is 4.98 Å². The number of benzene rings is 1. The molecule has 2 aromatic rings. The van der Waals surface area contributed by atoms with E-state index in [2.05, 4.69) is 4.98 Å². The number of fused-ring (bicyclic) bond motifs is 1. The van der Waals surface area contributed by atoms with E-state index < -0.39 is 5.82 Å². The van der Waals surface area contributed by atoms with E-state index in [4.69, 9.17) is 11.6 Å². The monoisotopic (exact) mass is 197 g/mol. The maximum atomic E-state index is 12.8. The Morgan fingerprint density at radius 3 is 2.85 bits per heavy atom. The molecule has 1 aromatic heterocycles. The number of H-pyrrole nitrogens is 1. The highest BCUT2D eigenvalue weighted by Crippen LogP contribution is 2.19. The molecular weight excluding hydrogens is 193 g/mol. The van der Waals surface area contributed by atoms with Gasteiger partial charge in [0.1, 0.15) is 5.82 Å². The maximum absolute atomic E-state index is 12.8. The van der Waals surface area contributed by atoms with Crippen LogP contribution >= 0.6 is 11.6 Å². The number of hydrogen-bond donors (Lipinski definition) is 1. The van der Waals surface area contributed by atoms with E-state index in [0.717, 1.165) is 0 Å². The van der Waals surface area contributed by atoms with Gasteiger partial charge in [-0.25, -0.2) is 4.39 Å². The summed E-state index contributed by atoms with van der Waals surface area (Å²) in [6, 6.07) is 3.89. The van der Waals surface area contributed by atoms with E-state index in [9.17, 15) is 9.18 Å². The predicted octanol–water partition coefficient (Wildman–Crippen LogP) is 2.32. The zero-order chi connectivity index (χ0) is 9.42. The van der Waals surface area contributed by atoms with Gasteiger partial charge in [-0.2, -0.15) is 0 Å². The van der Waals surface area contributed by atoms with Crippen molar-refractivity contribution in [3.63, 3.8) is 0 Å². The molecule has 0 aliphatic heterocycles. The SMILES string of the molecule is O=c1[nH]cc(Cl)c2cc(F)ccc12. The first-order valence-corrected chi connectivity index (χ1v) is 4.03. The van der Waals surface area contributed by atoms with Gasteiger partial charge < -0.3 is 4.98 Å². The fourth-order valence-corrected chi connectivity index (χ4v) is 1.41. The van der Waals surface area contributed by atoms with Gasteiger partial charge in [-0.05, 0) is 18.2 Å². The first-order valence-electron chi connectivity index (χ1n) is 3.65. The highest BCUT2D eigenvalue weighted by atomic mass is 35.5. The Kier molecular flexibility index (Phi) is 1.81. The molecule has 66 valence electrons. The van der Waals surface area contributed by atoms with Crippen molar-refractivity contribution in [2.24, 2.45) is 0 Å². The van der Waals surface area contributed by atoms with Crippen LogP contribution in [0.5, 0.6) is 0 Å². The maximum Gasteiger partial charge on any atom is 0.255 e. The standard InChI is InChI=1S/C9H5ClFNO/c10-8-4-12-9(13)6-2-1-5(11)3-7(6)8/h1-4H,(H,12,13). The summed E-state index contributed by atoms with van der Waals surface area (Å²) in [4.78, 5) is 13.7. The van der Waals surface area contributed by atoms with Gasteiger partial charge in [-0.1, -0.05) is 11.6 Å². The average Bonchev–Trinajstić information content (AvgIpc) is 2.12. The number of aromatic nitrogens is 1. The quantitative estimate of drug-likeness (QED) is 0.691. The molecule has 0 atom stereocenters. The summed E-state index contributed by atoms with van der Waals surface area (Å²) in [5, 5.41) is 1.17. The van der Waals surface area contributed by atoms with Gasteiger partial charge in [0.15, 0.2) is 0 Å². The molecule has 0 spiro atoms. The predicted molar refractivity (Wildman–Crippen MR) is 49.5 cm³/mol. The van der Waals surface area contributed by atoms with Gasteiger partial charge in [0.2, 0.25) is 0 Å². The topological polar surface area (TPSA) is 32.9 Å². The summed E-state index contributed by atoms with van der Waals surface area (Å²) in [6.45, 7) is 0. The summed E-state index contributed by atoms with van der Waals surface area (Å²) in [5.41, 5.74) is -0.264. The Hall–Kier alpha value is -1.35. The molecule has 0 unspecified atom stereocenters. The van der Waals surface area contributed by atoms with Crippen LogP contribution < -0.4 is 5.56 Å². The first-order chi connectivity index (χ1) is 6.18. The summed E-state index contributed by atoms with van der Waals surface area (Å²) in [7, 11) is 0. The molecule has 1 N–H and O–H groups in total. The average molecular weight is 198 g/mol. The van der Waals surface area contributed by atoms with E-state index in [1.165, 1.54) is 24.4 Å². The molecule has 2 rings (SSSR count). The van der Waals surface area contributed by atoms with Crippen LogP contribution in [-0.2, 0) is 0 Å². The smallest absolute Gasteiger partial charge is 0.255 e. The number of rotatable bonds is 0. The van der Waals surface area contributed by atoms with Gasteiger partial charge in [0, 0.05) is 17.0 Å². The molecule has 0 aliphatic carbocycles. The van der Waals surface area contributed by atoms with Crippen molar-refractivity contribution < 1.29 is 4.39 Å². The number of aromatic amines is 1. The molecule has 0 amide bonds. The molecule has 2 nitrogen and oxygen atoms in total. The molecule has 0 bridgehead atoms. The van der Waals surface area contributed by atoms with E-state index in [1.807, 2.05) is 0 Å². The highest BCUT2D eigenvalue weighted by molar-refractivity contribution is 6.35. The van der Waals surface area contributed by atoms with Gasteiger partial charge in [0.05, 0.1) is 5.02 Å². The van der Waals surface area contributed by atoms with Crippen molar-refractivity contribution in [1.29, 1.82) is 0 Å². The Bertz CT molecular complexity index is 520. The van der Waals surface area contributed by atoms with Crippen molar-refractivity contribution in [2.75, 3.05) is 0 Å². The van der Waals surface area contributed by atoms with Crippen molar-refractivity contribution in [3.05, 3.63) is 45.6 Å². The Labute approximate surface area is 78.0 Å². The number of halogens is 2. The molecule has 0 saturated heterocycles. The lowest BCUT2D eigenvalue weighted by atomic mass is 10.2. The van der Waals surface area contributed by atoms with Crippen LogP contribution in [0.2, 0.25) is 5.02 Å². The molecule has 13 heavy (non-hydrogen) atoms. The second kappa shape index (κ2) is 2.85. The molecule has 1 aromatic carbocycles. The minimum Gasteiger partial charge on any atom is -0.327 e. The highest BCUT2D eigenvalue weighted by Gasteiger charge is 2.03. The van der Waals surface area contributed by atoms with Crippen molar-refractivity contribution in [1.82, 2.24) is 4.98 Å². The van der Waals surface area contributed by atoms with Gasteiger partial charge in [0.25, 0.3) is 5.56 Å². The molecular formula is C9H5ClFNO. The minimum atomic E-state index is -0.403. The third kappa shape index (κ3) is 1.31. The molecule has 0 aliphatic rings. The number of pyridine rings is 1. The lowest BCUT2D eigenvalue weighted by Gasteiger charge is -1.98. The fourth-order valence-electron chi connectivity index (χ4n) is 1.20. The van der Waals surface area contributed by atoms with Crippen LogP contribution in [0.25, 0.3) is 10.8 Å². The molecule has 4 heteroatoms. The minimum absolute atomic E-state index is 0.264. The first kappa shape index (κ1) is 8.26. The Morgan fingerprint density at radius 2 is 2.08 bits per heavy atom. The lowest BCUT2D eigenvalue weighted by molar-refractivity contribution is 0.629. The molecule has 0 saturated carbocycles. The molecule has 0 fully saturated rings. The van der Waals surface area contributed by atoms with Crippen LogP contribution in [0.3, 0.4) is 0 Å². The third-order valence-electron chi connectivity index (χ3n) is 1.81. The van der Waals surface area contributed by atoms with Crippen LogP contribution in [0.4, 0.5) is 4.39 Å². The summed E-state index contributed by atoms with van der Waals surface area (Å²) >= 11 is 5.76. The number of nitrogens with one attached hydrogen (secondary N) is 1. The van der Waals surface area contributed by atoms with Crippen LogP contribution in [0, 0.1) is 5.82 Å². The van der Waals surface area contributed by atoms with E-state index in [-0.39, 0.29) is 5.56 Å². The summed E-state index contributed by atoms with van der Waals surface area (Å²) in [5.74, 6) is -0.403. The largest absolute Gasteiger partial charge is 0.327 e. The Balaban J connectivity index is 3.01. The van der Waals surface area contributed by atoms with Gasteiger partial charge in [-0.15, -0.1) is 0 Å². The molecule has 0 radical (unpaired) electrons. The number of hydrogen-bond acceptors (Lipinski definition) is 1. The van der Waals surface area contributed by atoms with Crippen molar-refractivity contribution >= 4 is 22.4 Å². The van der Waals surface area contributed by atoms with Gasteiger partial charge in [-0.3, -0.25) is 4.79 Å². The zero-order valence-corrected chi connectivity index (χ0v) is 7.23. The van der Waals surface area contributed by atoms with Crippen molar-refractivity contribution in [2.45, 2.75) is 0 Å². The Morgan fingerprint density at radius 1 is 1.31 bits per heavy atom. The lowest BCUT2D eigenvalue weighted by Crippen LogP contribution is -2.04. The molecule has 1 heterocycles. The van der Waals surface area contributed by atoms with Gasteiger partial charge >= 0.3 is 0 Å². The van der Waals surface area contributed by atoms with Crippen LogP contribution in [0.15, 0.2) is 29.2 Å². The second-order valence-electron chi connectivity index (χ2n) is 2.66. The van der Waals surface area contributed by atoms with E-state index in [1.54, 1.807) is 0 Å². The third-order valence-corrected chi connectivity index (χ3v) is 2.13. The summed E-state index contributed by atoms with van der Waals surface area (Å²) in [6.07, 6.45) is 1.35. The van der Waals surface area contributed by atoms with Crippen molar-refractivity contribution in [3.8, 4) is 0 Å². The van der Waals surface area contributed by atoms with E-state index in [0.29, 0.717) is 15.8 Å².